The van der Waals surface area contributed by atoms with E-state index in [1.807, 2.05) is 0 Å². The van der Waals surface area contributed by atoms with E-state index in [-0.39, 0.29) is 16.3 Å². The Morgan fingerprint density at radius 2 is 1.76 bits per heavy atom. The fourth-order valence-electron chi connectivity index (χ4n) is 4.65. The molecule has 0 aliphatic carbocycles. The summed E-state index contributed by atoms with van der Waals surface area (Å²) in [5.74, 6) is -2.42. The summed E-state index contributed by atoms with van der Waals surface area (Å²) in [6.45, 7) is 4.92. The normalized spacial score (nSPS) is 27.1. The minimum Gasteiger partial charge on any atom is -0.480 e. The lowest BCUT2D eigenvalue weighted by molar-refractivity contribution is -0.168. The maximum Gasteiger partial charge on any atom is 0.417 e. The third-order valence-corrected chi connectivity index (χ3v) is 8.03. The molecule has 2 heterocycles. The molecule has 4 rings (SSSR count). The Hall–Kier alpha value is -2.79. The number of thioether (sulfide) groups is 1. The van der Waals surface area contributed by atoms with Crippen molar-refractivity contribution in [2.24, 2.45) is 5.73 Å². The van der Waals surface area contributed by atoms with Crippen molar-refractivity contribution in [3.63, 3.8) is 0 Å². The summed E-state index contributed by atoms with van der Waals surface area (Å²) in [6.07, 6.45) is -4.58. The molecule has 33 heavy (non-hydrogen) atoms. The van der Waals surface area contributed by atoms with Crippen molar-refractivity contribution in [1.82, 2.24) is 10.2 Å². The molecule has 2 unspecified atom stereocenters. The van der Waals surface area contributed by atoms with Gasteiger partial charge in [0.05, 0.1) is 5.56 Å². The van der Waals surface area contributed by atoms with Crippen LogP contribution in [0.2, 0.25) is 0 Å². The number of amides is 2. The number of carboxylic acids is 1. The smallest absolute Gasteiger partial charge is 0.417 e. The number of nitrogens with two attached hydrogens (primary N) is 1. The van der Waals surface area contributed by atoms with Crippen LogP contribution in [0.3, 0.4) is 0 Å². The first-order valence-electron chi connectivity index (χ1n) is 10.1. The van der Waals surface area contributed by atoms with Crippen molar-refractivity contribution in [2.45, 2.75) is 54.7 Å². The number of alkyl halides is 3. The van der Waals surface area contributed by atoms with E-state index in [9.17, 15) is 32.7 Å². The average Bonchev–Trinajstić information content (AvgIpc) is 3.01. The molecule has 2 aromatic carbocycles. The number of carboxylic acid groups (broad SMARTS) is 1. The molecule has 0 aromatic heterocycles. The van der Waals surface area contributed by atoms with Crippen LogP contribution in [0, 0.1) is 0 Å². The molecule has 11 heteroatoms. The summed E-state index contributed by atoms with van der Waals surface area (Å²) in [5, 5.41) is 11.7. The zero-order valence-electron chi connectivity index (χ0n) is 17.9. The first-order chi connectivity index (χ1) is 15.2. The second kappa shape index (κ2) is 7.36. The second-order valence-corrected chi connectivity index (χ2v) is 10.7. The van der Waals surface area contributed by atoms with Crippen LogP contribution < -0.4 is 11.1 Å². The van der Waals surface area contributed by atoms with Gasteiger partial charge in [0.25, 0.3) is 5.91 Å². The second-order valence-electron chi connectivity index (χ2n) is 8.94. The maximum absolute atomic E-state index is 13.4. The van der Waals surface area contributed by atoms with Gasteiger partial charge in [0.2, 0.25) is 5.91 Å². The van der Waals surface area contributed by atoms with E-state index in [1.165, 1.54) is 47.9 Å². The molecule has 2 fully saturated rings. The van der Waals surface area contributed by atoms with Crippen LogP contribution in [0.15, 0.2) is 36.4 Å². The average molecular weight is 481 g/mol. The Bertz CT molecular complexity index is 1190. The molecule has 2 saturated heterocycles. The van der Waals surface area contributed by atoms with Crippen molar-refractivity contribution in [1.29, 1.82) is 0 Å². The number of carbonyl (C=O) groups is 3. The van der Waals surface area contributed by atoms with E-state index in [1.54, 1.807) is 19.9 Å². The summed E-state index contributed by atoms with van der Waals surface area (Å²) in [4.78, 5) is 38.9. The van der Waals surface area contributed by atoms with E-state index < -0.39 is 57.3 Å². The van der Waals surface area contributed by atoms with Crippen LogP contribution in [-0.2, 0) is 20.6 Å². The van der Waals surface area contributed by atoms with Crippen molar-refractivity contribution in [2.75, 3.05) is 0 Å². The van der Waals surface area contributed by atoms with Crippen molar-refractivity contribution >= 4 is 40.3 Å². The van der Waals surface area contributed by atoms with Crippen molar-refractivity contribution in [3.05, 3.63) is 47.5 Å². The predicted molar refractivity (Wildman–Crippen MR) is 116 cm³/mol. The Kier molecular flexibility index (Phi) is 5.21. The molecule has 2 aliphatic heterocycles. The number of hydrogen-bond donors (Lipinski definition) is 3. The van der Waals surface area contributed by atoms with Crippen LogP contribution in [0.5, 0.6) is 0 Å². The van der Waals surface area contributed by atoms with Gasteiger partial charge in [-0.05, 0) is 43.2 Å². The fourth-order valence-corrected chi connectivity index (χ4v) is 6.30. The van der Waals surface area contributed by atoms with Crippen LogP contribution in [0.1, 0.15) is 37.9 Å². The SMILES string of the molecule is CC1(C)S[C@H]2N(C(=O)C2(C)NC(=O)C(N)c2ccc(C(F)(F)F)c3ccccc23)[C@H]1C(=O)O. The zero-order valence-corrected chi connectivity index (χ0v) is 18.8. The van der Waals surface area contributed by atoms with Crippen LogP contribution in [-0.4, -0.2) is 49.5 Å². The van der Waals surface area contributed by atoms with Gasteiger partial charge >= 0.3 is 12.1 Å². The lowest BCUT2D eigenvalue weighted by atomic mass is 9.85. The number of aliphatic carboxylic acids is 1. The number of fused-ring (bicyclic) bond motifs is 2. The summed E-state index contributed by atoms with van der Waals surface area (Å²) < 4.78 is 39.4. The van der Waals surface area contributed by atoms with E-state index in [0.29, 0.717) is 0 Å². The predicted octanol–water partition coefficient (Wildman–Crippen LogP) is 2.88. The number of nitrogens with one attached hydrogen (secondary N) is 1. The topological polar surface area (TPSA) is 113 Å². The Labute approximate surface area is 191 Å². The molecule has 2 aromatic rings. The van der Waals surface area contributed by atoms with E-state index >= 15 is 0 Å². The molecule has 0 spiro atoms. The zero-order chi connectivity index (χ0) is 24.5. The van der Waals surface area contributed by atoms with Gasteiger partial charge in [-0.1, -0.05) is 30.3 Å². The highest BCUT2D eigenvalue weighted by Gasteiger charge is 2.70. The number of β-lactam (4-membered cyclic amide) rings is 1. The monoisotopic (exact) mass is 481 g/mol. The lowest BCUT2D eigenvalue weighted by Crippen LogP contribution is -2.78. The minimum atomic E-state index is -4.58. The molecule has 0 radical (unpaired) electrons. The Morgan fingerprint density at radius 1 is 1.15 bits per heavy atom. The van der Waals surface area contributed by atoms with Crippen LogP contribution in [0.4, 0.5) is 13.2 Å². The summed E-state index contributed by atoms with van der Waals surface area (Å²) in [6, 6.07) is 5.45. The summed E-state index contributed by atoms with van der Waals surface area (Å²) in [7, 11) is 0. The van der Waals surface area contributed by atoms with Crippen molar-refractivity contribution < 1.29 is 32.7 Å². The number of benzene rings is 2. The largest absolute Gasteiger partial charge is 0.480 e. The number of carbonyl (C=O) groups excluding carboxylic acids is 2. The Balaban J connectivity index is 1.63. The van der Waals surface area contributed by atoms with Crippen LogP contribution >= 0.6 is 11.8 Å². The molecular formula is C22H22F3N3O4S. The first-order valence-corrected chi connectivity index (χ1v) is 11.0. The lowest BCUT2D eigenvalue weighted by Gasteiger charge is -2.51. The fraction of sp³-hybridized carbons (Fsp3) is 0.409. The quantitative estimate of drug-likeness (QED) is 0.579. The molecular weight excluding hydrogens is 459 g/mol. The van der Waals surface area contributed by atoms with Gasteiger partial charge in [0.1, 0.15) is 23.0 Å². The molecule has 4 atom stereocenters. The highest BCUT2D eigenvalue weighted by Crippen LogP contribution is 2.54. The Morgan fingerprint density at radius 3 is 2.33 bits per heavy atom. The minimum absolute atomic E-state index is 0.0831. The highest BCUT2D eigenvalue weighted by molar-refractivity contribution is 8.01. The third kappa shape index (κ3) is 3.45. The molecule has 4 N–H and O–H groups in total. The van der Waals surface area contributed by atoms with Crippen molar-refractivity contribution in [3.8, 4) is 0 Å². The van der Waals surface area contributed by atoms with Gasteiger partial charge in [-0.2, -0.15) is 13.2 Å². The summed E-state index contributed by atoms with van der Waals surface area (Å²) in [5.41, 5.74) is 4.10. The van der Waals surface area contributed by atoms with E-state index in [4.69, 9.17) is 5.73 Å². The summed E-state index contributed by atoms with van der Waals surface area (Å²) >= 11 is 1.27. The van der Waals surface area contributed by atoms with Crippen LogP contribution in [0.25, 0.3) is 10.8 Å². The number of nitrogens with zero attached hydrogens (tertiary/aromatic N) is 1. The van der Waals surface area contributed by atoms with Gasteiger partial charge < -0.3 is 21.1 Å². The maximum atomic E-state index is 13.4. The highest BCUT2D eigenvalue weighted by atomic mass is 32.2. The third-order valence-electron chi connectivity index (χ3n) is 6.27. The van der Waals surface area contributed by atoms with Gasteiger partial charge in [-0.25, -0.2) is 4.79 Å². The molecule has 2 amide bonds. The van der Waals surface area contributed by atoms with Gasteiger partial charge in [-0.3, -0.25) is 9.59 Å². The number of hydrogen-bond acceptors (Lipinski definition) is 5. The van der Waals surface area contributed by atoms with Gasteiger partial charge in [-0.15, -0.1) is 11.8 Å². The molecule has 2 aliphatic rings. The van der Waals surface area contributed by atoms with Gasteiger partial charge in [0.15, 0.2) is 0 Å². The molecule has 0 saturated carbocycles. The van der Waals surface area contributed by atoms with E-state index in [2.05, 4.69) is 5.32 Å². The molecule has 176 valence electrons. The molecule has 7 nitrogen and oxygen atoms in total. The van der Waals surface area contributed by atoms with E-state index in [0.717, 1.165) is 6.07 Å². The van der Waals surface area contributed by atoms with Gasteiger partial charge in [0, 0.05) is 4.75 Å². The standard InChI is InChI=1S/C22H22F3N3O4S/c1-20(2)15(17(30)31)28-18(32)21(3,19(28)33-20)27-16(29)14(26)12-8-9-13(22(23,24)25)11-7-5-4-6-10(11)12/h4-9,14-15,19H,26H2,1-3H3,(H,27,29)(H,30,31)/t14?,15-,19+,21?/m0/s1. The number of rotatable bonds is 4. The first kappa shape index (κ1) is 23.4. The number of halogens is 3. The molecule has 0 bridgehead atoms.